The average molecular weight is 340 g/mol. The number of anilines is 1. The molecular weight excluding hydrogens is 316 g/mol. The number of nitrogens with zero attached hydrogens (tertiary/aromatic N) is 1. The third-order valence-corrected chi connectivity index (χ3v) is 5.67. The van der Waals surface area contributed by atoms with Gasteiger partial charge in [0.25, 0.3) is 0 Å². The second-order valence-electron chi connectivity index (χ2n) is 5.61. The number of rotatable bonds is 8. The Morgan fingerprint density at radius 2 is 1.74 bits per heavy atom. The summed E-state index contributed by atoms with van der Waals surface area (Å²) in [6.45, 7) is 1.39. The zero-order valence-corrected chi connectivity index (χ0v) is 14.6. The Kier molecular flexibility index (Phi) is 7.22. The molecule has 2 amide bonds. The molecule has 0 bridgehead atoms. The van der Waals surface area contributed by atoms with E-state index in [2.05, 4.69) is 5.32 Å². The van der Waals surface area contributed by atoms with Gasteiger partial charge in [0.1, 0.15) is 5.25 Å². The Balaban J connectivity index is 2.48. The van der Waals surface area contributed by atoms with Gasteiger partial charge in [0.15, 0.2) is 9.84 Å². The van der Waals surface area contributed by atoms with E-state index < -0.39 is 21.0 Å². The van der Waals surface area contributed by atoms with Crippen LogP contribution in [0.1, 0.15) is 26.2 Å². The van der Waals surface area contributed by atoms with Gasteiger partial charge in [0.05, 0.1) is 5.75 Å². The van der Waals surface area contributed by atoms with E-state index >= 15 is 0 Å². The highest BCUT2D eigenvalue weighted by atomic mass is 32.2. The van der Waals surface area contributed by atoms with Gasteiger partial charge in [-0.05, 0) is 31.9 Å². The first kappa shape index (κ1) is 19.2. The van der Waals surface area contributed by atoms with Gasteiger partial charge in [-0.3, -0.25) is 9.59 Å². The van der Waals surface area contributed by atoms with Gasteiger partial charge in [-0.1, -0.05) is 18.2 Å². The zero-order valence-electron chi connectivity index (χ0n) is 13.8. The summed E-state index contributed by atoms with van der Waals surface area (Å²) < 4.78 is 24.4. The molecule has 0 saturated heterocycles. The molecule has 0 aliphatic rings. The minimum Gasteiger partial charge on any atom is -0.349 e. The van der Waals surface area contributed by atoms with E-state index in [0.29, 0.717) is 24.9 Å². The molecule has 7 heteroatoms. The van der Waals surface area contributed by atoms with Crippen molar-refractivity contribution in [1.82, 2.24) is 4.90 Å². The number of carbonyl (C=O) groups excluding carboxylic acids is 2. The van der Waals surface area contributed by atoms with E-state index in [1.807, 2.05) is 6.07 Å². The summed E-state index contributed by atoms with van der Waals surface area (Å²) in [5, 5.41) is 1.47. The van der Waals surface area contributed by atoms with Gasteiger partial charge in [-0.15, -0.1) is 0 Å². The third kappa shape index (κ3) is 6.40. The van der Waals surface area contributed by atoms with Gasteiger partial charge in [-0.2, -0.15) is 0 Å². The Labute approximate surface area is 137 Å². The fourth-order valence-electron chi connectivity index (χ4n) is 1.91. The number of hydrogen-bond donors (Lipinski definition) is 1. The molecule has 1 aromatic carbocycles. The number of amides is 2. The highest BCUT2D eigenvalue weighted by Crippen LogP contribution is 2.11. The molecule has 0 saturated carbocycles. The number of benzene rings is 1. The summed E-state index contributed by atoms with van der Waals surface area (Å²) in [7, 11) is -0.211. The SMILES string of the molecule is CC(C(=O)Nc1ccccc1)S(=O)(=O)CCCCC(=O)N(C)C. The highest BCUT2D eigenvalue weighted by molar-refractivity contribution is 7.92. The molecule has 0 aromatic heterocycles. The summed E-state index contributed by atoms with van der Waals surface area (Å²) >= 11 is 0. The number of para-hydroxylation sites is 1. The van der Waals surface area contributed by atoms with Crippen molar-refractivity contribution in [2.45, 2.75) is 31.4 Å². The second kappa shape index (κ2) is 8.67. The maximum atomic E-state index is 12.2. The van der Waals surface area contributed by atoms with Crippen molar-refractivity contribution in [2.75, 3.05) is 25.2 Å². The van der Waals surface area contributed by atoms with Gasteiger partial charge >= 0.3 is 0 Å². The predicted octanol–water partition coefficient (Wildman–Crippen LogP) is 1.69. The van der Waals surface area contributed by atoms with Crippen LogP contribution in [0.5, 0.6) is 0 Å². The first-order valence-corrected chi connectivity index (χ1v) is 9.23. The number of unbranched alkanes of at least 4 members (excludes halogenated alkanes) is 1. The van der Waals surface area contributed by atoms with Gasteiger partial charge in [0, 0.05) is 26.2 Å². The molecule has 0 heterocycles. The lowest BCUT2D eigenvalue weighted by atomic mass is 10.2. The van der Waals surface area contributed by atoms with E-state index in [1.54, 1.807) is 38.4 Å². The lowest BCUT2D eigenvalue weighted by Crippen LogP contribution is -2.34. The molecule has 0 spiro atoms. The summed E-state index contributed by atoms with van der Waals surface area (Å²) in [4.78, 5) is 24.9. The van der Waals surface area contributed by atoms with E-state index in [0.717, 1.165) is 0 Å². The van der Waals surface area contributed by atoms with Crippen LogP contribution in [-0.2, 0) is 19.4 Å². The van der Waals surface area contributed by atoms with E-state index in [9.17, 15) is 18.0 Å². The molecule has 1 N–H and O–H groups in total. The molecule has 1 rings (SSSR count). The smallest absolute Gasteiger partial charge is 0.242 e. The van der Waals surface area contributed by atoms with Crippen molar-refractivity contribution < 1.29 is 18.0 Å². The predicted molar refractivity (Wildman–Crippen MR) is 90.9 cm³/mol. The Morgan fingerprint density at radius 1 is 1.13 bits per heavy atom. The van der Waals surface area contributed by atoms with Crippen LogP contribution in [0.15, 0.2) is 30.3 Å². The van der Waals surface area contributed by atoms with Gasteiger partial charge in [0.2, 0.25) is 11.8 Å². The minimum atomic E-state index is -3.53. The van der Waals surface area contributed by atoms with Crippen LogP contribution in [-0.4, -0.2) is 50.2 Å². The largest absolute Gasteiger partial charge is 0.349 e. The van der Waals surface area contributed by atoms with Crippen molar-refractivity contribution in [3.05, 3.63) is 30.3 Å². The second-order valence-corrected chi connectivity index (χ2v) is 8.05. The van der Waals surface area contributed by atoms with Crippen LogP contribution in [0.3, 0.4) is 0 Å². The minimum absolute atomic E-state index is 0.0303. The van der Waals surface area contributed by atoms with Crippen LogP contribution < -0.4 is 5.32 Å². The summed E-state index contributed by atoms with van der Waals surface area (Å²) in [5.74, 6) is -0.672. The van der Waals surface area contributed by atoms with Crippen LogP contribution in [0.25, 0.3) is 0 Å². The summed E-state index contributed by atoms with van der Waals surface area (Å²) in [6, 6.07) is 8.73. The molecule has 23 heavy (non-hydrogen) atoms. The lowest BCUT2D eigenvalue weighted by Gasteiger charge is -2.14. The number of sulfone groups is 1. The quantitative estimate of drug-likeness (QED) is 0.730. The van der Waals surface area contributed by atoms with Crippen molar-refractivity contribution in [1.29, 1.82) is 0 Å². The molecule has 6 nitrogen and oxygen atoms in total. The van der Waals surface area contributed by atoms with Crippen LogP contribution in [0.2, 0.25) is 0 Å². The maximum Gasteiger partial charge on any atom is 0.242 e. The van der Waals surface area contributed by atoms with Crippen LogP contribution in [0.4, 0.5) is 5.69 Å². The maximum absolute atomic E-state index is 12.2. The topological polar surface area (TPSA) is 83.5 Å². The van der Waals surface area contributed by atoms with Crippen molar-refractivity contribution in [3.63, 3.8) is 0 Å². The molecular formula is C16H24N2O4S. The number of hydrogen-bond acceptors (Lipinski definition) is 4. The molecule has 0 aliphatic heterocycles. The highest BCUT2D eigenvalue weighted by Gasteiger charge is 2.27. The van der Waals surface area contributed by atoms with E-state index in [-0.39, 0.29) is 11.7 Å². The Hall–Kier alpha value is -1.89. The van der Waals surface area contributed by atoms with Crippen LogP contribution in [0, 0.1) is 0 Å². The summed E-state index contributed by atoms with van der Waals surface area (Å²) in [6.07, 6.45) is 1.17. The first-order chi connectivity index (χ1) is 10.7. The van der Waals surface area contributed by atoms with Crippen molar-refractivity contribution in [2.24, 2.45) is 0 Å². The Bertz CT molecular complexity index is 627. The van der Waals surface area contributed by atoms with E-state index in [4.69, 9.17) is 0 Å². The fraction of sp³-hybridized carbons (Fsp3) is 0.500. The first-order valence-electron chi connectivity index (χ1n) is 7.51. The molecule has 0 fully saturated rings. The fourth-order valence-corrected chi connectivity index (χ4v) is 3.25. The number of carbonyl (C=O) groups is 2. The standard InChI is InChI=1S/C16H24N2O4S/c1-13(16(20)17-14-9-5-4-6-10-14)23(21,22)12-8-7-11-15(19)18(2)3/h4-6,9-10,13H,7-8,11-12H2,1-3H3,(H,17,20). The van der Waals surface area contributed by atoms with Gasteiger partial charge in [-0.25, -0.2) is 8.42 Å². The molecule has 0 radical (unpaired) electrons. The third-order valence-electron chi connectivity index (χ3n) is 3.52. The zero-order chi connectivity index (χ0) is 17.5. The van der Waals surface area contributed by atoms with E-state index in [1.165, 1.54) is 11.8 Å². The van der Waals surface area contributed by atoms with Crippen LogP contribution >= 0.6 is 0 Å². The van der Waals surface area contributed by atoms with Crippen molar-refractivity contribution in [3.8, 4) is 0 Å². The average Bonchev–Trinajstić information content (AvgIpc) is 2.51. The normalized spacial score (nSPS) is 12.5. The monoisotopic (exact) mass is 340 g/mol. The Morgan fingerprint density at radius 3 is 2.30 bits per heavy atom. The van der Waals surface area contributed by atoms with Crippen molar-refractivity contribution >= 4 is 27.3 Å². The van der Waals surface area contributed by atoms with Gasteiger partial charge < -0.3 is 10.2 Å². The molecule has 0 aliphatic carbocycles. The molecule has 1 aromatic rings. The molecule has 128 valence electrons. The number of nitrogens with one attached hydrogen (secondary N) is 1. The molecule has 1 unspecified atom stereocenters. The lowest BCUT2D eigenvalue weighted by molar-refractivity contribution is -0.128. The summed E-state index contributed by atoms with van der Waals surface area (Å²) in [5.41, 5.74) is 0.566. The molecule has 1 atom stereocenters.